The molecule has 190 valence electrons. The van der Waals surface area contributed by atoms with Gasteiger partial charge in [0.2, 0.25) is 0 Å². The molecular weight excluding hydrogens is 459 g/mol. The van der Waals surface area contributed by atoms with Gasteiger partial charge in [-0.3, -0.25) is 4.79 Å². The van der Waals surface area contributed by atoms with E-state index < -0.39 is 33.8 Å². The first-order valence-electron chi connectivity index (χ1n) is 11.3. The molecule has 0 aromatic carbocycles. The predicted octanol–water partition coefficient (Wildman–Crippen LogP) is 6.02. The van der Waals surface area contributed by atoms with Crippen molar-refractivity contribution < 1.29 is 21.9 Å². The lowest BCUT2D eigenvalue weighted by molar-refractivity contribution is -0.123. The Kier molecular flexibility index (Phi) is 22.9. The Balaban J connectivity index is -0.000000554. The molecular formula is C21H55NO5Si4. The van der Waals surface area contributed by atoms with Gasteiger partial charge < -0.3 is 22.0 Å². The van der Waals surface area contributed by atoms with Crippen LogP contribution in [0.1, 0.15) is 27.7 Å². The zero-order valence-corrected chi connectivity index (χ0v) is 27.5. The van der Waals surface area contributed by atoms with Crippen LogP contribution in [0.3, 0.4) is 0 Å². The zero-order valence-electron chi connectivity index (χ0n) is 23.5. The van der Waals surface area contributed by atoms with E-state index in [0.29, 0.717) is 12.8 Å². The van der Waals surface area contributed by atoms with Crippen LogP contribution in [0.15, 0.2) is 13.2 Å². The number of ketones is 1. The van der Waals surface area contributed by atoms with E-state index in [0.717, 1.165) is 0 Å². The highest BCUT2D eigenvalue weighted by Crippen LogP contribution is 2.24. The summed E-state index contributed by atoms with van der Waals surface area (Å²) in [6, 6.07) is 0. The van der Waals surface area contributed by atoms with Gasteiger partial charge in [-0.05, 0) is 73.0 Å². The van der Waals surface area contributed by atoms with E-state index in [9.17, 15) is 4.79 Å². The third kappa shape index (κ3) is 28.0. The third-order valence-corrected chi connectivity index (χ3v) is 15.7. The summed E-state index contributed by atoms with van der Waals surface area (Å²) in [7, 11) is -4.70. The maximum Gasteiger partial charge on any atom is 0.342 e. The van der Waals surface area contributed by atoms with E-state index in [-0.39, 0.29) is 12.4 Å². The first kappa shape index (κ1) is 38.3. The molecule has 0 fully saturated rings. The van der Waals surface area contributed by atoms with Gasteiger partial charge in [0, 0.05) is 0 Å². The highest BCUT2D eigenvalue weighted by atomic mass is 28.5. The number of carbonyl (C=O) groups is 1. The molecule has 0 aromatic heterocycles. The maximum absolute atomic E-state index is 11.9. The molecule has 0 aliphatic carbocycles. The second-order valence-electron chi connectivity index (χ2n) is 9.33. The van der Waals surface area contributed by atoms with Crippen molar-refractivity contribution in [3.05, 3.63) is 13.2 Å². The first-order chi connectivity index (χ1) is 13.9. The Morgan fingerprint density at radius 3 is 1.45 bits per heavy atom. The van der Waals surface area contributed by atoms with Gasteiger partial charge in [-0.25, -0.2) is 0 Å². The zero-order chi connectivity index (χ0) is 26.1. The molecule has 0 saturated carbocycles. The fourth-order valence-electron chi connectivity index (χ4n) is 2.75. The normalized spacial score (nSPS) is 13.5. The summed E-state index contributed by atoms with van der Waals surface area (Å²) >= 11 is 0. The van der Waals surface area contributed by atoms with Crippen molar-refractivity contribution in [1.82, 2.24) is 4.90 Å². The molecule has 0 bridgehead atoms. The van der Waals surface area contributed by atoms with Gasteiger partial charge >= 0.3 is 17.1 Å². The van der Waals surface area contributed by atoms with Crippen molar-refractivity contribution in [3.63, 3.8) is 0 Å². The maximum atomic E-state index is 11.9. The van der Waals surface area contributed by atoms with E-state index in [1.807, 2.05) is 53.2 Å². The van der Waals surface area contributed by atoms with Gasteiger partial charge in [0.05, 0.1) is 12.8 Å². The number of hydrogen-bond acceptors (Lipinski definition) is 6. The van der Waals surface area contributed by atoms with E-state index in [1.54, 1.807) is 0 Å². The number of Topliss-reactive ketones (excluding diaryl/α,β-unsaturated/α-hetero) is 1. The molecule has 0 N–H and O–H groups in total. The molecule has 0 aromatic rings. The molecule has 10 heteroatoms. The second kappa shape index (κ2) is 18.5. The lowest BCUT2D eigenvalue weighted by Crippen LogP contribution is -2.59. The lowest BCUT2D eigenvalue weighted by Gasteiger charge is -2.41. The van der Waals surface area contributed by atoms with Crippen LogP contribution in [0.4, 0.5) is 0 Å². The highest BCUT2D eigenvalue weighted by molar-refractivity contribution is 6.89. The third-order valence-electron chi connectivity index (χ3n) is 2.66. The van der Waals surface area contributed by atoms with E-state index in [2.05, 4.69) is 65.5 Å². The Bertz CT molecular complexity index is 452. The fraction of sp³-hybridized carbons (Fsp3) is 0.857. The number of hydrogen-bond donors (Lipinski definition) is 0. The van der Waals surface area contributed by atoms with E-state index in [1.165, 1.54) is 0 Å². The molecule has 0 spiro atoms. The summed E-state index contributed by atoms with van der Waals surface area (Å²) in [5.74, 6) is 0.0595. The van der Waals surface area contributed by atoms with Gasteiger partial charge in [-0.2, -0.15) is 0 Å². The number of rotatable bonds is 12. The molecule has 0 amide bonds. The van der Waals surface area contributed by atoms with Gasteiger partial charge in [0.1, 0.15) is 6.61 Å². The van der Waals surface area contributed by atoms with Crippen molar-refractivity contribution in [1.29, 1.82) is 0 Å². The number of likely N-dealkylation sites (N-methyl/N-ethyl adjacent to an activating group) is 1. The Morgan fingerprint density at radius 1 is 0.742 bits per heavy atom. The van der Waals surface area contributed by atoms with E-state index >= 15 is 0 Å². The Morgan fingerprint density at radius 2 is 1.13 bits per heavy atom. The monoisotopic (exact) mass is 513 g/mol. The van der Waals surface area contributed by atoms with Crippen LogP contribution in [-0.2, 0) is 21.9 Å². The van der Waals surface area contributed by atoms with Crippen LogP contribution in [0, 0.1) is 0 Å². The van der Waals surface area contributed by atoms with Crippen LogP contribution < -0.4 is 0 Å². The molecule has 0 radical (unpaired) electrons. The van der Waals surface area contributed by atoms with Crippen LogP contribution >= 0.6 is 0 Å². The average molecular weight is 514 g/mol. The quantitative estimate of drug-likeness (QED) is 0.235. The number of nitrogens with zero attached hydrogens (tertiary/aromatic N) is 1. The first-order valence-corrected chi connectivity index (χ1v) is 23.4. The van der Waals surface area contributed by atoms with Gasteiger partial charge in [0.15, 0.2) is 22.4 Å². The van der Waals surface area contributed by atoms with Gasteiger partial charge in [-0.15, -0.1) is 13.2 Å². The molecule has 0 rings (SSSR count). The molecule has 1 atom stereocenters. The van der Waals surface area contributed by atoms with Crippen molar-refractivity contribution in [3.8, 4) is 0 Å². The van der Waals surface area contributed by atoms with Crippen molar-refractivity contribution >= 4 is 39.5 Å². The van der Waals surface area contributed by atoms with E-state index in [4.69, 9.17) is 17.1 Å². The van der Waals surface area contributed by atoms with Crippen molar-refractivity contribution in [2.24, 2.45) is 0 Å². The summed E-state index contributed by atoms with van der Waals surface area (Å²) in [6.45, 7) is 33.6. The summed E-state index contributed by atoms with van der Waals surface area (Å²) in [5, 5.41) is 0. The Labute approximate surface area is 199 Å². The molecule has 0 heterocycles. The molecule has 6 nitrogen and oxygen atoms in total. The van der Waals surface area contributed by atoms with Crippen LogP contribution in [0.25, 0.3) is 0 Å². The van der Waals surface area contributed by atoms with Crippen LogP contribution in [0.2, 0.25) is 58.9 Å². The number of ether oxygens (including phenoxy) is 1. The summed E-state index contributed by atoms with van der Waals surface area (Å²) in [4.78, 5) is 13.7. The minimum Gasteiger partial charge on any atom is -0.437 e. The number of carbonyl (C=O) groups excluding carboxylic acids is 1. The molecule has 0 saturated heterocycles. The second-order valence-corrected chi connectivity index (χ2v) is 25.6. The summed E-state index contributed by atoms with van der Waals surface area (Å²) in [5.41, 5.74) is 0. The minimum absolute atomic E-state index is 0.0595. The molecule has 1 unspecified atom stereocenters. The summed E-state index contributed by atoms with van der Waals surface area (Å²) < 4.78 is 24.9. The highest BCUT2D eigenvalue weighted by Gasteiger charge is 2.45. The van der Waals surface area contributed by atoms with Gasteiger partial charge in [-0.1, -0.05) is 27.7 Å². The Hall–Kier alpha value is 0.0775. The van der Waals surface area contributed by atoms with Crippen molar-refractivity contribution in [2.45, 2.75) is 86.6 Å². The molecule has 31 heavy (non-hydrogen) atoms. The molecule has 0 aliphatic heterocycles. The molecule has 0 aliphatic rings. The van der Waals surface area contributed by atoms with Crippen LogP contribution in [-0.4, -0.2) is 77.9 Å². The fourth-order valence-corrected chi connectivity index (χ4v) is 20.0. The van der Waals surface area contributed by atoms with Crippen molar-refractivity contribution in [2.75, 3.05) is 33.5 Å². The summed E-state index contributed by atoms with van der Waals surface area (Å²) in [6.07, 6.45) is 0.349. The standard InChI is InChI=1S/C15H39NO5Si4.2C2H6.C2H4/c1-16(2)12-15(17)13-18-14-25(11,20-23(6,7)8)21-24(9,10)19-22(3,4)5;3*1-2/h12-14H2,1-11H3;2*1-2H3;1-2H2. The SMILES string of the molecule is C=C.CC.CC.CN(C)CC(=O)COC[Si](C)(O[Si](C)(C)C)O[Si](C)(C)O[Si](C)(C)C. The lowest BCUT2D eigenvalue weighted by atomic mass is 10.4. The average Bonchev–Trinajstić information content (AvgIpc) is 2.54. The minimum atomic E-state index is -2.59. The topological polar surface area (TPSA) is 57.2 Å². The van der Waals surface area contributed by atoms with Gasteiger partial charge in [0.25, 0.3) is 0 Å². The smallest absolute Gasteiger partial charge is 0.342 e. The van der Waals surface area contributed by atoms with Crippen LogP contribution in [0.5, 0.6) is 0 Å². The largest absolute Gasteiger partial charge is 0.437 e. The predicted molar refractivity (Wildman–Crippen MR) is 147 cm³/mol.